The van der Waals surface area contributed by atoms with E-state index in [9.17, 15) is 4.79 Å². The summed E-state index contributed by atoms with van der Waals surface area (Å²) in [6.07, 6.45) is 1.79. The van der Waals surface area contributed by atoms with Crippen molar-refractivity contribution in [3.05, 3.63) is 29.3 Å². The van der Waals surface area contributed by atoms with Crippen molar-refractivity contribution in [1.29, 1.82) is 0 Å². The van der Waals surface area contributed by atoms with E-state index in [0.29, 0.717) is 11.3 Å². The monoisotopic (exact) mass is 206 g/mol. The Hall–Kier alpha value is -1.31. The summed E-state index contributed by atoms with van der Waals surface area (Å²) >= 11 is 0. The molecular weight excluding hydrogens is 188 g/mol. The van der Waals surface area contributed by atoms with Gasteiger partial charge >= 0.3 is 0 Å². The van der Waals surface area contributed by atoms with Crippen molar-refractivity contribution in [1.82, 2.24) is 0 Å². The van der Waals surface area contributed by atoms with Gasteiger partial charge in [-0.25, -0.2) is 0 Å². The van der Waals surface area contributed by atoms with Crippen LogP contribution in [0.2, 0.25) is 0 Å². The Morgan fingerprint density at radius 3 is 2.47 bits per heavy atom. The average Bonchev–Trinajstić information content (AvgIpc) is 2.15. The molecule has 0 aliphatic heterocycles. The molecular formula is C13H18O2. The molecule has 15 heavy (non-hydrogen) atoms. The predicted molar refractivity (Wildman–Crippen MR) is 61.5 cm³/mol. The van der Waals surface area contributed by atoms with Gasteiger partial charge in [0.05, 0.1) is 12.7 Å². The Balaban J connectivity index is 2.98. The van der Waals surface area contributed by atoms with Crippen LogP contribution in [0.3, 0.4) is 0 Å². The topological polar surface area (TPSA) is 26.3 Å². The molecule has 0 fully saturated rings. The summed E-state index contributed by atoms with van der Waals surface area (Å²) in [5.74, 6) is 0.641. The lowest BCUT2D eigenvalue weighted by atomic mass is 9.87. The van der Waals surface area contributed by atoms with Crippen LogP contribution in [0.5, 0.6) is 5.75 Å². The molecule has 82 valence electrons. The van der Waals surface area contributed by atoms with Crippen molar-refractivity contribution < 1.29 is 9.53 Å². The second-order valence-corrected chi connectivity index (χ2v) is 4.93. The van der Waals surface area contributed by atoms with Crippen molar-refractivity contribution in [2.45, 2.75) is 27.2 Å². The summed E-state index contributed by atoms with van der Waals surface area (Å²) in [7, 11) is 1.58. The van der Waals surface area contributed by atoms with Gasteiger partial charge in [0, 0.05) is 0 Å². The first-order valence-electron chi connectivity index (χ1n) is 5.08. The highest BCUT2D eigenvalue weighted by Gasteiger charge is 2.12. The molecule has 2 heteroatoms. The summed E-state index contributed by atoms with van der Waals surface area (Å²) < 4.78 is 5.09. The lowest BCUT2D eigenvalue weighted by Gasteiger charge is -2.18. The minimum absolute atomic E-state index is 0.231. The lowest BCUT2D eigenvalue weighted by Crippen LogP contribution is -2.09. The Labute approximate surface area is 91.3 Å². The van der Waals surface area contributed by atoms with Crippen LogP contribution in [0.25, 0.3) is 0 Å². The summed E-state index contributed by atoms with van der Waals surface area (Å²) in [6.45, 7) is 6.54. The quantitative estimate of drug-likeness (QED) is 0.710. The maximum absolute atomic E-state index is 10.8. The maximum atomic E-state index is 10.8. The zero-order chi connectivity index (χ0) is 11.5. The molecule has 0 N–H and O–H groups in total. The second kappa shape index (κ2) is 4.47. The van der Waals surface area contributed by atoms with Crippen LogP contribution in [-0.4, -0.2) is 13.4 Å². The number of methoxy groups -OCH3 is 1. The fourth-order valence-electron chi connectivity index (χ4n) is 1.60. The minimum Gasteiger partial charge on any atom is -0.496 e. The highest BCUT2D eigenvalue weighted by atomic mass is 16.5. The highest BCUT2D eigenvalue weighted by molar-refractivity contribution is 5.79. The number of carbonyl (C=O) groups excluding carboxylic acids is 1. The maximum Gasteiger partial charge on any atom is 0.153 e. The first kappa shape index (κ1) is 11.8. The van der Waals surface area contributed by atoms with E-state index in [4.69, 9.17) is 4.74 Å². The minimum atomic E-state index is 0.231. The normalized spacial score (nSPS) is 11.2. The van der Waals surface area contributed by atoms with Gasteiger partial charge in [0.1, 0.15) is 5.75 Å². The smallest absolute Gasteiger partial charge is 0.153 e. The van der Waals surface area contributed by atoms with Crippen LogP contribution in [0.1, 0.15) is 36.7 Å². The molecule has 0 heterocycles. The molecule has 0 amide bonds. The van der Waals surface area contributed by atoms with E-state index in [1.165, 1.54) is 5.56 Å². The van der Waals surface area contributed by atoms with Crippen molar-refractivity contribution in [3.63, 3.8) is 0 Å². The summed E-state index contributed by atoms with van der Waals surface area (Å²) in [5.41, 5.74) is 2.03. The molecule has 1 rings (SSSR count). The molecule has 0 saturated heterocycles. The largest absolute Gasteiger partial charge is 0.496 e. The lowest BCUT2D eigenvalue weighted by molar-refractivity contribution is 0.112. The molecule has 0 aliphatic carbocycles. The molecule has 0 aromatic heterocycles. The van der Waals surface area contributed by atoms with E-state index in [1.807, 2.05) is 18.2 Å². The first-order chi connectivity index (χ1) is 6.96. The molecule has 0 aliphatic rings. The van der Waals surface area contributed by atoms with Gasteiger partial charge in [-0.3, -0.25) is 4.79 Å². The summed E-state index contributed by atoms with van der Waals surface area (Å²) in [4.78, 5) is 10.8. The zero-order valence-electron chi connectivity index (χ0n) is 9.83. The number of ether oxygens (including phenoxy) is 1. The van der Waals surface area contributed by atoms with E-state index < -0.39 is 0 Å². The molecule has 0 atom stereocenters. The summed E-state index contributed by atoms with van der Waals surface area (Å²) in [5, 5.41) is 0. The van der Waals surface area contributed by atoms with Gasteiger partial charge in [-0.15, -0.1) is 0 Å². The number of benzene rings is 1. The Kier molecular flexibility index (Phi) is 3.51. The Bertz CT molecular complexity index is 348. The van der Waals surface area contributed by atoms with E-state index in [0.717, 1.165) is 12.7 Å². The predicted octanol–water partition coefficient (Wildman–Crippen LogP) is 3.10. The van der Waals surface area contributed by atoms with E-state index in [1.54, 1.807) is 7.11 Å². The summed E-state index contributed by atoms with van der Waals surface area (Å²) in [6, 6.07) is 5.76. The van der Waals surface area contributed by atoms with E-state index in [2.05, 4.69) is 20.8 Å². The van der Waals surface area contributed by atoms with Crippen LogP contribution in [0.15, 0.2) is 18.2 Å². The molecule has 2 nitrogen and oxygen atoms in total. The first-order valence-corrected chi connectivity index (χ1v) is 5.08. The standard InChI is InChI=1S/C13H18O2/c1-13(2,3)8-10-5-6-12(15-4)11(7-10)9-14/h5-7,9H,8H2,1-4H3. The van der Waals surface area contributed by atoms with E-state index in [-0.39, 0.29) is 5.41 Å². The van der Waals surface area contributed by atoms with Gasteiger partial charge in [-0.1, -0.05) is 26.8 Å². The van der Waals surface area contributed by atoms with Gasteiger partial charge in [0.15, 0.2) is 6.29 Å². The third-order valence-corrected chi connectivity index (χ3v) is 2.16. The zero-order valence-corrected chi connectivity index (χ0v) is 9.83. The molecule has 1 aromatic rings. The van der Waals surface area contributed by atoms with Crippen LogP contribution >= 0.6 is 0 Å². The average molecular weight is 206 g/mol. The van der Waals surface area contributed by atoms with E-state index >= 15 is 0 Å². The van der Waals surface area contributed by atoms with Crippen molar-refractivity contribution in [3.8, 4) is 5.75 Å². The number of rotatable bonds is 3. The number of carbonyl (C=O) groups is 1. The third kappa shape index (κ3) is 3.39. The molecule has 0 saturated carbocycles. The molecule has 0 radical (unpaired) electrons. The Morgan fingerprint density at radius 1 is 1.33 bits per heavy atom. The van der Waals surface area contributed by atoms with Crippen LogP contribution in [-0.2, 0) is 6.42 Å². The number of hydrogen-bond acceptors (Lipinski definition) is 2. The fourth-order valence-corrected chi connectivity index (χ4v) is 1.60. The molecule has 0 unspecified atom stereocenters. The van der Waals surface area contributed by atoms with Gasteiger partial charge in [0.2, 0.25) is 0 Å². The SMILES string of the molecule is COc1ccc(CC(C)(C)C)cc1C=O. The van der Waals surface area contributed by atoms with Crippen LogP contribution in [0.4, 0.5) is 0 Å². The molecule has 0 bridgehead atoms. The molecule has 1 aromatic carbocycles. The van der Waals surface area contributed by atoms with Gasteiger partial charge in [0.25, 0.3) is 0 Å². The van der Waals surface area contributed by atoms with Crippen molar-refractivity contribution >= 4 is 6.29 Å². The van der Waals surface area contributed by atoms with Gasteiger partial charge < -0.3 is 4.74 Å². The third-order valence-electron chi connectivity index (χ3n) is 2.16. The second-order valence-electron chi connectivity index (χ2n) is 4.93. The van der Waals surface area contributed by atoms with Gasteiger partial charge in [-0.05, 0) is 29.5 Å². The van der Waals surface area contributed by atoms with Crippen molar-refractivity contribution in [2.24, 2.45) is 5.41 Å². The highest BCUT2D eigenvalue weighted by Crippen LogP contribution is 2.24. The van der Waals surface area contributed by atoms with Crippen molar-refractivity contribution in [2.75, 3.05) is 7.11 Å². The fraction of sp³-hybridized carbons (Fsp3) is 0.462. The molecule has 0 spiro atoms. The number of hydrogen-bond donors (Lipinski definition) is 0. The van der Waals surface area contributed by atoms with Gasteiger partial charge in [-0.2, -0.15) is 0 Å². The number of aldehydes is 1. The Morgan fingerprint density at radius 2 is 2.00 bits per heavy atom. The van der Waals surface area contributed by atoms with Crippen LogP contribution in [0, 0.1) is 5.41 Å². The van der Waals surface area contributed by atoms with Crippen LogP contribution < -0.4 is 4.74 Å².